The maximum absolute atomic E-state index is 11.9. The molecular formula is C18H36O6S2. The number of hydrogen-bond acceptors (Lipinski definition) is 6. The highest BCUT2D eigenvalue weighted by Gasteiger charge is 2.16. The Morgan fingerprint density at radius 2 is 1.00 bits per heavy atom. The highest BCUT2D eigenvalue weighted by atomic mass is 32.2. The monoisotopic (exact) mass is 412 g/mol. The highest BCUT2D eigenvalue weighted by molar-refractivity contribution is 7.86. The van der Waals surface area contributed by atoms with E-state index in [2.05, 4.69) is 13.8 Å². The molecule has 0 rings (SSSR count). The summed E-state index contributed by atoms with van der Waals surface area (Å²) < 4.78 is 57.6. The topological polar surface area (TPSA) is 86.7 Å². The zero-order valence-corrected chi connectivity index (χ0v) is 18.3. The summed E-state index contributed by atoms with van der Waals surface area (Å²) in [5.41, 5.74) is 0. The molecule has 0 aromatic carbocycles. The van der Waals surface area contributed by atoms with Gasteiger partial charge in [0.05, 0.1) is 23.7 Å². The van der Waals surface area contributed by atoms with E-state index in [0.717, 1.165) is 38.5 Å². The molecule has 0 saturated carbocycles. The summed E-state index contributed by atoms with van der Waals surface area (Å²) in [6.07, 6.45) is 8.70. The third kappa shape index (κ3) is 14.7. The van der Waals surface area contributed by atoms with Gasteiger partial charge in [-0.25, -0.2) is 0 Å². The molecule has 26 heavy (non-hydrogen) atoms. The molecule has 6 nitrogen and oxygen atoms in total. The first-order valence-corrected chi connectivity index (χ1v) is 12.8. The number of unbranched alkanes of at least 4 members (excludes halogenated alkanes) is 6. The first kappa shape index (κ1) is 25.6. The van der Waals surface area contributed by atoms with Crippen molar-refractivity contribution in [1.82, 2.24) is 0 Å². The minimum atomic E-state index is -3.57. The molecular weight excluding hydrogens is 376 g/mol. The van der Waals surface area contributed by atoms with Crippen LogP contribution >= 0.6 is 0 Å². The Hall–Kier alpha value is -0.440. The summed E-state index contributed by atoms with van der Waals surface area (Å²) in [7, 11) is -7.14. The minimum absolute atomic E-state index is 0.00335. The van der Waals surface area contributed by atoms with Gasteiger partial charge in [0.15, 0.2) is 0 Å². The fourth-order valence-electron chi connectivity index (χ4n) is 2.35. The maximum atomic E-state index is 11.9. The second kappa shape index (κ2) is 13.7. The molecule has 0 aliphatic rings. The lowest BCUT2D eigenvalue weighted by Gasteiger charge is -2.12. The molecule has 0 aromatic heterocycles. The van der Waals surface area contributed by atoms with Crippen molar-refractivity contribution in [2.45, 2.75) is 91.3 Å². The van der Waals surface area contributed by atoms with Crippen LogP contribution in [0, 0.1) is 0 Å². The molecule has 0 fully saturated rings. The summed E-state index contributed by atoms with van der Waals surface area (Å²) in [6.45, 7) is 7.33. The van der Waals surface area contributed by atoms with Crippen molar-refractivity contribution in [3.63, 3.8) is 0 Å². The fourth-order valence-corrected chi connectivity index (χ4v) is 4.71. The van der Waals surface area contributed by atoms with Crippen molar-refractivity contribution in [3.8, 4) is 0 Å². The minimum Gasteiger partial charge on any atom is -0.263 e. The lowest BCUT2D eigenvalue weighted by atomic mass is 10.2. The van der Waals surface area contributed by atoms with Crippen LogP contribution in [0.2, 0.25) is 0 Å². The average molecular weight is 413 g/mol. The van der Waals surface area contributed by atoms with Gasteiger partial charge in [0.2, 0.25) is 0 Å². The Labute approximate surface area is 160 Å². The van der Waals surface area contributed by atoms with E-state index in [-0.39, 0.29) is 11.5 Å². The first-order valence-electron chi connectivity index (χ1n) is 9.62. The fraction of sp³-hybridized carbons (Fsp3) is 0.889. The average Bonchev–Trinajstić information content (AvgIpc) is 2.53. The molecule has 2 unspecified atom stereocenters. The van der Waals surface area contributed by atoms with Crippen LogP contribution < -0.4 is 0 Å². The van der Waals surface area contributed by atoms with Crippen LogP contribution in [0.15, 0.2) is 12.2 Å². The predicted molar refractivity (Wildman–Crippen MR) is 106 cm³/mol. The Morgan fingerprint density at radius 1 is 0.654 bits per heavy atom. The molecule has 0 aliphatic heterocycles. The van der Waals surface area contributed by atoms with E-state index in [1.54, 1.807) is 13.8 Å². The van der Waals surface area contributed by atoms with Crippen LogP contribution in [-0.4, -0.2) is 40.5 Å². The van der Waals surface area contributed by atoms with Crippen molar-refractivity contribution in [2.75, 3.05) is 11.5 Å². The predicted octanol–water partition coefficient (Wildman–Crippen LogP) is 4.17. The van der Waals surface area contributed by atoms with E-state index in [1.165, 1.54) is 12.2 Å². The van der Waals surface area contributed by atoms with Crippen LogP contribution in [0.1, 0.15) is 79.1 Å². The van der Waals surface area contributed by atoms with E-state index in [9.17, 15) is 16.8 Å². The highest BCUT2D eigenvalue weighted by Crippen LogP contribution is 2.10. The van der Waals surface area contributed by atoms with Gasteiger partial charge in [-0.15, -0.1) is 0 Å². The summed E-state index contributed by atoms with van der Waals surface area (Å²) in [4.78, 5) is 0. The van der Waals surface area contributed by atoms with Crippen LogP contribution in [0.5, 0.6) is 0 Å². The molecule has 0 spiro atoms. The van der Waals surface area contributed by atoms with Gasteiger partial charge in [-0.1, -0.05) is 64.5 Å². The Kier molecular flexibility index (Phi) is 13.5. The van der Waals surface area contributed by atoms with Crippen LogP contribution in [0.3, 0.4) is 0 Å². The van der Waals surface area contributed by atoms with Gasteiger partial charge in [-0.05, 0) is 26.7 Å². The lowest BCUT2D eigenvalue weighted by molar-refractivity contribution is 0.259. The smallest absolute Gasteiger partial charge is 0.263 e. The van der Waals surface area contributed by atoms with E-state index in [0.29, 0.717) is 12.8 Å². The summed E-state index contributed by atoms with van der Waals surface area (Å²) in [5, 5.41) is 0. The second-order valence-electron chi connectivity index (χ2n) is 6.63. The molecule has 0 amide bonds. The van der Waals surface area contributed by atoms with Crippen molar-refractivity contribution in [3.05, 3.63) is 12.2 Å². The standard InChI is InChI=1S/C18H36O6S2/c1-5-7-9-11-15-25(19,20)23-17(3)13-14-18(4)24-26(21,22)16-12-10-8-6-2/h13-14,17-18H,5-12,15-16H2,1-4H3. The molecule has 2 atom stereocenters. The second-order valence-corrected chi connectivity index (χ2v) is 10.1. The number of rotatable bonds is 16. The van der Waals surface area contributed by atoms with Gasteiger partial charge in [0.25, 0.3) is 20.2 Å². The SMILES string of the molecule is CCCCCCS(=O)(=O)OC(C)C=CC(C)OS(=O)(=O)CCCCCC. The van der Waals surface area contributed by atoms with Crippen LogP contribution in [-0.2, 0) is 28.6 Å². The van der Waals surface area contributed by atoms with Gasteiger partial charge in [0, 0.05) is 0 Å². The maximum Gasteiger partial charge on any atom is 0.267 e. The van der Waals surface area contributed by atoms with Gasteiger partial charge < -0.3 is 0 Å². The first-order chi connectivity index (χ1) is 12.1. The zero-order valence-electron chi connectivity index (χ0n) is 16.6. The number of hydrogen-bond donors (Lipinski definition) is 0. The van der Waals surface area contributed by atoms with E-state index in [4.69, 9.17) is 8.37 Å². The zero-order chi connectivity index (χ0) is 20.1. The van der Waals surface area contributed by atoms with Crippen molar-refractivity contribution in [2.24, 2.45) is 0 Å². The van der Waals surface area contributed by atoms with Gasteiger partial charge in [-0.3, -0.25) is 8.37 Å². The van der Waals surface area contributed by atoms with E-state index in [1.807, 2.05) is 0 Å². The third-order valence-electron chi connectivity index (χ3n) is 3.75. The Morgan fingerprint density at radius 3 is 1.31 bits per heavy atom. The Bertz CT molecular complexity index is 529. The van der Waals surface area contributed by atoms with Gasteiger partial charge in [0.1, 0.15) is 0 Å². The van der Waals surface area contributed by atoms with Gasteiger partial charge >= 0.3 is 0 Å². The van der Waals surface area contributed by atoms with Crippen molar-refractivity contribution in [1.29, 1.82) is 0 Å². The normalized spacial score (nSPS) is 15.4. The van der Waals surface area contributed by atoms with E-state index < -0.39 is 32.4 Å². The molecule has 156 valence electrons. The van der Waals surface area contributed by atoms with Crippen molar-refractivity contribution >= 4 is 20.2 Å². The Balaban J connectivity index is 4.30. The lowest BCUT2D eigenvalue weighted by Crippen LogP contribution is -2.19. The summed E-state index contributed by atoms with van der Waals surface area (Å²) in [6, 6.07) is 0. The largest absolute Gasteiger partial charge is 0.267 e. The molecule has 0 bridgehead atoms. The van der Waals surface area contributed by atoms with Crippen LogP contribution in [0.4, 0.5) is 0 Å². The molecule has 8 heteroatoms. The molecule has 0 aromatic rings. The van der Waals surface area contributed by atoms with Crippen molar-refractivity contribution < 1.29 is 25.2 Å². The molecule has 0 heterocycles. The van der Waals surface area contributed by atoms with Crippen LogP contribution in [0.25, 0.3) is 0 Å². The summed E-state index contributed by atoms with van der Waals surface area (Å²) in [5.74, 6) is 0.00669. The molecule has 0 aliphatic carbocycles. The summed E-state index contributed by atoms with van der Waals surface area (Å²) >= 11 is 0. The van der Waals surface area contributed by atoms with E-state index >= 15 is 0 Å². The molecule has 0 N–H and O–H groups in total. The third-order valence-corrected chi connectivity index (χ3v) is 6.52. The van der Waals surface area contributed by atoms with Gasteiger partial charge in [-0.2, -0.15) is 16.8 Å². The molecule has 0 radical (unpaired) electrons. The molecule has 0 saturated heterocycles. The quantitative estimate of drug-likeness (QED) is 0.215.